The van der Waals surface area contributed by atoms with Gasteiger partial charge in [0.05, 0.1) is 6.54 Å². The maximum Gasteiger partial charge on any atom is 0.316 e. The Hall–Kier alpha value is -1.50. The van der Waals surface area contributed by atoms with Crippen LogP contribution in [0.2, 0.25) is 0 Å². The summed E-state index contributed by atoms with van der Waals surface area (Å²) in [7, 11) is 0. The molecule has 0 saturated heterocycles. The third-order valence-corrected chi connectivity index (χ3v) is 6.23. The third kappa shape index (κ3) is 2.62. The number of thioether (sulfide) groups is 1. The number of rotatable bonds is 2. The van der Waals surface area contributed by atoms with Crippen molar-refractivity contribution < 1.29 is 14.8 Å². The van der Waals surface area contributed by atoms with Crippen LogP contribution in [0.1, 0.15) is 12.0 Å². The van der Waals surface area contributed by atoms with Crippen LogP contribution in [0.3, 0.4) is 0 Å². The molecule has 4 rings (SSSR count). The van der Waals surface area contributed by atoms with Crippen LogP contribution in [0.5, 0.6) is 5.75 Å². The standard InChI is InChI=1S/C18H17BrN2O2S/c19-14-4-2-13(3-5-14)18(23)12-20(15-6-8-16(22)9-7-15)17-21(18)10-1-11-24-17/h2-9,23H,1,10-12H2/p+1/t18-/m1/s1. The summed E-state index contributed by atoms with van der Waals surface area (Å²) < 4.78 is 3.11. The first-order chi connectivity index (χ1) is 11.6. The Morgan fingerprint density at radius 3 is 2.50 bits per heavy atom. The molecule has 6 heteroatoms. The maximum absolute atomic E-state index is 11.5. The predicted molar refractivity (Wildman–Crippen MR) is 101 cm³/mol. The van der Waals surface area contributed by atoms with Gasteiger partial charge in [-0.05, 0) is 54.6 Å². The highest BCUT2D eigenvalue weighted by molar-refractivity contribution is 9.10. The van der Waals surface area contributed by atoms with Gasteiger partial charge in [-0.2, -0.15) is 0 Å². The van der Waals surface area contributed by atoms with Crippen molar-refractivity contribution >= 4 is 38.5 Å². The minimum atomic E-state index is -1.04. The van der Waals surface area contributed by atoms with Gasteiger partial charge in [0.15, 0.2) is 6.54 Å². The number of nitrogens with zero attached hydrogens (tertiary/aromatic N) is 2. The van der Waals surface area contributed by atoms with E-state index < -0.39 is 5.72 Å². The zero-order valence-corrected chi connectivity index (χ0v) is 15.4. The predicted octanol–water partition coefficient (Wildman–Crippen LogP) is 3.33. The van der Waals surface area contributed by atoms with E-state index in [1.54, 1.807) is 23.9 Å². The molecular formula is C18H18BrN2O2S+. The molecule has 0 radical (unpaired) electrons. The SMILES string of the molecule is Oc1ccc(N2C[C@@](O)(c3ccc(Br)cc3)[N+]3=C2SCCC3)cc1. The van der Waals surface area contributed by atoms with Crippen LogP contribution in [0.25, 0.3) is 0 Å². The number of aromatic hydroxyl groups is 1. The van der Waals surface area contributed by atoms with E-state index >= 15 is 0 Å². The van der Waals surface area contributed by atoms with Crippen LogP contribution < -0.4 is 4.90 Å². The first-order valence-corrected chi connectivity index (χ1v) is 9.68. The van der Waals surface area contributed by atoms with Crippen LogP contribution in [-0.2, 0) is 5.72 Å². The first-order valence-electron chi connectivity index (χ1n) is 7.90. The van der Waals surface area contributed by atoms with Crippen molar-refractivity contribution in [3.63, 3.8) is 0 Å². The van der Waals surface area contributed by atoms with Crippen molar-refractivity contribution in [2.24, 2.45) is 0 Å². The van der Waals surface area contributed by atoms with Crippen LogP contribution in [0.4, 0.5) is 5.69 Å². The van der Waals surface area contributed by atoms with Crippen molar-refractivity contribution in [1.82, 2.24) is 0 Å². The maximum atomic E-state index is 11.5. The summed E-state index contributed by atoms with van der Waals surface area (Å²) in [6.45, 7) is 1.31. The number of phenolic OH excluding ortho intramolecular Hbond substituents is 1. The molecule has 0 spiro atoms. The molecule has 2 aliphatic heterocycles. The number of hydrogen-bond donors (Lipinski definition) is 2. The van der Waals surface area contributed by atoms with Gasteiger partial charge in [0.25, 0.3) is 5.72 Å². The minimum Gasteiger partial charge on any atom is -0.508 e. The lowest BCUT2D eigenvalue weighted by Crippen LogP contribution is -2.41. The van der Waals surface area contributed by atoms with Gasteiger partial charge in [-0.1, -0.05) is 28.1 Å². The average molecular weight is 406 g/mol. The highest BCUT2D eigenvalue weighted by Crippen LogP contribution is 2.38. The summed E-state index contributed by atoms with van der Waals surface area (Å²) >= 11 is 5.24. The zero-order valence-electron chi connectivity index (χ0n) is 13.0. The smallest absolute Gasteiger partial charge is 0.316 e. The second kappa shape index (κ2) is 6.10. The Labute approximate surface area is 153 Å². The number of aliphatic hydroxyl groups is 1. The van der Waals surface area contributed by atoms with Gasteiger partial charge in [0, 0.05) is 15.8 Å². The highest BCUT2D eigenvalue weighted by Gasteiger charge is 2.53. The fourth-order valence-electron chi connectivity index (χ4n) is 3.30. The molecule has 2 N–H and O–H groups in total. The largest absolute Gasteiger partial charge is 0.508 e. The van der Waals surface area contributed by atoms with E-state index in [-0.39, 0.29) is 5.75 Å². The van der Waals surface area contributed by atoms with Crippen molar-refractivity contribution in [2.45, 2.75) is 12.1 Å². The zero-order chi connectivity index (χ0) is 16.7. The Morgan fingerprint density at radius 1 is 1.08 bits per heavy atom. The molecule has 0 fully saturated rings. The van der Waals surface area contributed by atoms with Gasteiger partial charge in [-0.3, -0.25) is 0 Å². The van der Waals surface area contributed by atoms with Gasteiger partial charge >= 0.3 is 5.17 Å². The van der Waals surface area contributed by atoms with E-state index in [4.69, 9.17) is 0 Å². The summed E-state index contributed by atoms with van der Waals surface area (Å²) in [5.41, 5.74) is 0.837. The number of hydrogen-bond acceptors (Lipinski definition) is 4. The van der Waals surface area contributed by atoms with E-state index in [0.717, 1.165) is 39.6 Å². The lowest BCUT2D eigenvalue weighted by atomic mass is 10.0. The van der Waals surface area contributed by atoms with Crippen LogP contribution in [0, 0.1) is 0 Å². The summed E-state index contributed by atoms with van der Waals surface area (Å²) in [6, 6.07) is 15.0. The monoisotopic (exact) mass is 405 g/mol. The van der Waals surface area contributed by atoms with Crippen LogP contribution in [-0.4, -0.2) is 38.8 Å². The molecule has 2 aromatic carbocycles. The lowest BCUT2D eigenvalue weighted by molar-refractivity contribution is -0.656. The lowest BCUT2D eigenvalue weighted by Gasteiger charge is -2.24. The summed E-state index contributed by atoms with van der Waals surface area (Å²) in [4.78, 5) is 2.14. The summed E-state index contributed by atoms with van der Waals surface area (Å²) in [5, 5.41) is 22.1. The average Bonchev–Trinajstić information content (AvgIpc) is 2.91. The van der Waals surface area contributed by atoms with Crippen LogP contribution >= 0.6 is 27.7 Å². The fourth-order valence-corrected chi connectivity index (χ4v) is 4.74. The molecule has 0 unspecified atom stereocenters. The number of benzene rings is 2. The molecule has 0 saturated carbocycles. The Balaban J connectivity index is 1.78. The molecule has 2 aliphatic rings. The number of phenols is 1. The van der Waals surface area contributed by atoms with Gasteiger partial charge in [-0.15, -0.1) is 0 Å². The number of β-amino-alcohol motifs (C(OH)–C–C–N with tert-alkyl or cyclic N) is 1. The van der Waals surface area contributed by atoms with E-state index in [1.165, 1.54) is 0 Å². The normalized spacial score (nSPS) is 23.5. The second-order valence-electron chi connectivity index (χ2n) is 6.06. The van der Waals surface area contributed by atoms with E-state index in [9.17, 15) is 10.2 Å². The van der Waals surface area contributed by atoms with E-state index in [2.05, 4.69) is 25.4 Å². The van der Waals surface area contributed by atoms with Crippen molar-refractivity contribution in [3.05, 3.63) is 58.6 Å². The molecule has 0 amide bonds. The highest BCUT2D eigenvalue weighted by atomic mass is 79.9. The Bertz CT molecular complexity index is 792. The molecule has 0 aliphatic carbocycles. The number of anilines is 1. The van der Waals surface area contributed by atoms with Crippen molar-refractivity contribution in [3.8, 4) is 5.75 Å². The van der Waals surface area contributed by atoms with Crippen molar-refractivity contribution in [1.29, 1.82) is 0 Å². The van der Waals surface area contributed by atoms with E-state index in [1.807, 2.05) is 36.4 Å². The minimum absolute atomic E-state index is 0.249. The molecule has 0 bridgehead atoms. The van der Waals surface area contributed by atoms with Crippen LogP contribution in [0.15, 0.2) is 53.0 Å². The number of amidine groups is 1. The Morgan fingerprint density at radius 2 is 1.79 bits per heavy atom. The first kappa shape index (κ1) is 16.0. The summed E-state index contributed by atoms with van der Waals surface area (Å²) in [5.74, 6) is 1.30. The van der Waals surface area contributed by atoms with Gasteiger partial charge < -0.3 is 10.2 Å². The van der Waals surface area contributed by atoms with Gasteiger partial charge in [0.1, 0.15) is 11.4 Å². The summed E-state index contributed by atoms with van der Waals surface area (Å²) in [6.07, 6.45) is 1.05. The quantitative estimate of drug-likeness (QED) is 0.752. The third-order valence-electron chi connectivity index (χ3n) is 4.51. The van der Waals surface area contributed by atoms with Gasteiger partial charge in [-0.25, -0.2) is 9.48 Å². The molecule has 0 aromatic heterocycles. The topological polar surface area (TPSA) is 46.7 Å². The molecule has 24 heavy (non-hydrogen) atoms. The molecule has 124 valence electrons. The number of halogens is 1. The van der Waals surface area contributed by atoms with Crippen molar-refractivity contribution in [2.75, 3.05) is 23.7 Å². The molecule has 2 heterocycles. The fraction of sp³-hybridized carbons (Fsp3) is 0.278. The molecular weight excluding hydrogens is 388 g/mol. The molecule has 4 nitrogen and oxygen atoms in total. The van der Waals surface area contributed by atoms with E-state index in [0.29, 0.717) is 6.54 Å². The van der Waals surface area contributed by atoms with Gasteiger partial charge in [0.2, 0.25) is 0 Å². The molecule has 2 aromatic rings. The Kier molecular flexibility index (Phi) is 4.06. The second-order valence-corrected chi connectivity index (χ2v) is 8.04. The molecule has 1 atom stereocenters.